The van der Waals surface area contributed by atoms with Gasteiger partial charge >= 0.3 is 0 Å². The van der Waals surface area contributed by atoms with E-state index in [9.17, 15) is 0 Å². The topological polar surface area (TPSA) is 29.3 Å². The van der Waals surface area contributed by atoms with E-state index in [1.807, 2.05) is 0 Å². The van der Waals surface area contributed by atoms with Gasteiger partial charge in [-0.1, -0.05) is 26.0 Å². The first-order valence-corrected chi connectivity index (χ1v) is 7.24. The van der Waals surface area contributed by atoms with Crippen LogP contribution in [-0.2, 0) is 0 Å². The maximum atomic E-state index is 6.06. The minimum absolute atomic E-state index is 0.178. The Morgan fingerprint density at radius 1 is 1.22 bits per heavy atom. The number of rotatable bonds is 3. The molecule has 0 bridgehead atoms. The van der Waals surface area contributed by atoms with Gasteiger partial charge in [-0.2, -0.15) is 0 Å². The van der Waals surface area contributed by atoms with Crippen molar-refractivity contribution in [3.8, 4) is 0 Å². The fourth-order valence-electron chi connectivity index (χ4n) is 2.80. The average molecular weight is 246 g/mol. The Balaban J connectivity index is 2.13. The van der Waals surface area contributed by atoms with Crippen molar-refractivity contribution in [2.24, 2.45) is 11.7 Å². The van der Waals surface area contributed by atoms with Crippen LogP contribution in [0.4, 0.5) is 5.69 Å². The Labute approximate surface area is 111 Å². The molecule has 18 heavy (non-hydrogen) atoms. The van der Waals surface area contributed by atoms with Crippen LogP contribution < -0.4 is 10.6 Å². The molecule has 3 atom stereocenters. The molecule has 1 saturated heterocycles. The van der Waals surface area contributed by atoms with Crippen molar-refractivity contribution in [2.75, 3.05) is 11.4 Å². The lowest BCUT2D eigenvalue weighted by molar-refractivity contribution is 0.390. The van der Waals surface area contributed by atoms with E-state index in [0.29, 0.717) is 6.04 Å². The number of hydrogen-bond acceptors (Lipinski definition) is 2. The summed E-state index contributed by atoms with van der Waals surface area (Å²) in [5.74, 6) is 0.804. The van der Waals surface area contributed by atoms with Crippen molar-refractivity contribution >= 4 is 5.69 Å². The lowest BCUT2D eigenvalue weighted by Gasteiger charge is -2.38. The summed E-state index contributed by atoms with van der Waals surface area (Å²) in [6, 6.07) is 9.69. The molecule has 0 saturated carbocycles. The van der Waals surface area contributed by atoms with Gasteiger partial charge in [0.1, 0.15) is 0 Å². The van der Waals surface area contributed by atoms with Crippen LogP contribution in [0.15, 0.2) is 24.3 Å². The smallest absolute Gasteiger partial charge is 0.0368 e. The van der Waals surface area contributed by atoms with Crippen LogP contribution in [0.2, 0.25) is 0 Å². The first-order chi connectivity index (χ1) is 8.61. The van der Waals surface area contributed by atoms with Gasteiger partial charge in [0.15, 0.2) is 0 Å². The van der Waals surface area contributed by atoms with Gasteiger partial charge in [-0.3, -0.25) is 0 Å². The van der Waals surface area contributed by atoms with Gasteiger partial charge in [0.2, 0.25) is 0 Å². The lowest BCUT2D eigenvalue weighted by atomic mass is 9.94. The first-order valence-electron chi connectivity index (χ1n) is 7.24. The van der Waals surface area contributed by atoms with Crippen molar-refractivity contribution in [1.29, 1.82) is 0 Å². The molecule has 1 fully saturated rings. The standard InChI is InChI=1S/C16H26N2/c1-4-16(17)14-7-9-15(10-8-14)18-11-12(2)5-6-13(18)3/h7-10,12-13,16H,4-6,11,17H2,1-3H3/t12?,13?,16-/m0/s1. The lowest BCUT2D eigenvalue weighted by Crippen LogP contribution is -2.41. The van der Waals surface area contributed by atoms with E-state index < -0.39 is 0 Å². The van der Waals surface area contributed by atoms with Gasteiger partial charge in [0.25, 0.3) is 0 Å². The molecule has 0 spiro atoms. The van der Waals surface area contributed by atoms with E-state index in [1.165, 1.54) is 30.6 Å². The summed E-state index contributed by atoms with van der Waals surface area (Å²) in [4.78, 5) is 2.54. The zero-order chi connectivity index (χ0) is 13.1. The van der Waals surface area contributed by atoms with Gasteiger partial charge in [-0.05, 0) is 49.8 Å². The Hall–Kier alpha value is -1.02. The molecule has 1 heterocycles. The molecule has 100 valence electrons. The number of nitrogens with zero attached hydrogens (tertiary/aromatic N) is 1. The largest absolute Gasteiger partial charge is 0.369 e. The van der Waals surface area contributed by atoms with Crippen molar-refractivity contribution in [2.45, 2.75) is 52.1 Å². The molecule has 2 heteroatoms. The molecule has 1 aromatic rings. The van der Waals surface area contributed by atoms with Crippen LogP contribution in [0.25, 0.3) is 0 Å². The zero-order valence-electron chi connectivity index (χ0n) is 11.9. The summed E-state index contributed by atoms with van der Waals surface area (Å²) in [5, 5.41) is 0. The summed E-state index contributed by atoms with van der Waals surface area (Å²) in [5.41, 5.74) is 8.66. The third-order valence-corrected chi connectivity index (χ3v) is 4.21. The molecular weight excluding hydrogens is 220 g/mol. The van der Waals surface area contributed by atoms with Crippen molar-refractivity contribution in [1.82, 2.24) is 0 Å². The van der Waals surface area contributed by atoms with Crippen LogP contribution in [0.5, 0.6) is 0 Å². The average Bonchev–Trinajstić information content (AvgIpc) is 2.41. The van der Waals surface area contributed by atoms with Crippen LogP contribution in [0.3, 0.4) is 0 Å². The number of piperidine rings is 1. The van der Waals surface area contributed by atoms with E-state index in [4.69, 9.17) is 5.73 Å². The van der Waals surface area contributed by atoms with Crippen molar-refractivity contribution in [3.05, 3.63) is 29.8 Å². The second-order valence-electron chi connectivity index (χ2n) is 5.79. The summed E-state index contributed by atoms with van der Waals surface area (Å²) < 4.78 is 0. The first kappa shape index (κ1) is 13.4. The van der Waals surface area contributed by atoms with E-state index in [1.54, 1.807) is 0 Å². The second kappa shape index (κ2) is 5.75. The van der Waals surface area contributed by atoms with Gasteiger partial charge in [-0.25, -0.2) is 0 Å². The maximum absolute atomic E-state index is 6.06. The quantitative estimate of drug-likeness (QED) is 0.880. The highest BCUT2D eigenvalue weighted by Gasteiger charge is 2.22. The van der Waals surface area contributed by atoms with Gasteiger partial charge in [0, 0.05) is 24.3 Å². The monoisotopic (exact) mass is 246 g/mol. The van der Waals surface area contributed by atoms with Crippen molar-refractivity contribution < 1.29 is 0 Å². The minimum atomic E-state index is 0.178. The highest BCUT2D eigenvalue weighted by atomic mass is 15.2. The van der Waals surface area contributed by atoms with E-state index >= 15 is 0 Å². The molecule has 1 aromatic carbocycles. The molecule has 1 aliphatic rings. The predicted octanol–water partition coefficient (Wildman–Crippen LogP) is 3.72. The molecule has 0 amide bonds. The molecule has 0 aliphatic carbocycles. The third-order valence-electron chi connectivity index (χ3n) is 4.21. The zero-order valence-corrected chi connectivity index (χ0v) is 11.9. The van der Waals surface area contributed by atoms with Gasteiger partial charge in [0.05, 0.1) is 0 Å². The predicted molar refractivity (Wildman–Crippen MR) is 78.9 cm³/mol. The SMILES string of the molecule is CC[C@H](N)c1ccc(N2CC(C)CCC2C)cc1. The van der Waals surface area contributed by atoms with E-state index in [-0.39, 0.29) is 6.04 Å². The fourth-order valence-corrected chi connectivity index (χ4v) is 2.80. The van der Waals surface area contributed by atoms with Crippen LogP contribution in [0.1, 0.15) is 51.6 Å². The van der Waals surface area contributed by atoms with E-state index in [0.717, 1.165) is 12.3 Å². The summed E-state index contributed by atoms with van der Waals surface area (Å²) in [7, 11) is 0. The Morgan fingerprint density at radius 2 is 1.89 bits per heavy atom. The Bertz CT molecular complexity index is 371. The summed E-state index contributed by atoms with van der Waals surface area (Å²) >= 11 is 0. The molecule has 0 radical (unpaired) electrons. The van der Waals surface area contributed by atoms with Crippen LogP contribution in [0, 0.1) is 5.92 Å². The molecule has 0 aromatic heterocycles. The Morgan fingerprint density at radius 3 is 2.50 bits per heavy atom. The molecule has 2 N–H and O–H groups in total. The number of nitrogens with two attached hydrogens (primary N) is 1. The summed E-state index contributed by atoms with van der Waals surface area (Å²) in [6.07, 6.45) is 3.66. The molecule has 2 nitrogen and oxygen atoms in total. The highest BCUT2D eigenvalue weighted by molar-refractivity contribution is 5.49. The summed E-state index contributed by atoms with van der Waals surface area (Å²) in [6.45, 7) is 7.99. The van der Waals surface area contributed by atoms with E-state index in [2.05, 4.69) is 49.9 Å². The van der Waals surface area contributed by atoms with Crippen LogP contribution >= 0.6 is 0 Å². The van der Waals surface area contributed by atoms with Gasteiger partial charge < -0.3 is 10.6 Å². The van der Waals surface area contributed by atoms with Crippen LogP contribution in [-0.4, -0.2) is 12.6 Å². The second-order valence-corrected chi connectivity index (χ2v) is 5.79. The number of anilines is 1. The number of benzene rings is 1. The Kier molecular flexibility index (Phi) is 4.28. The van der Waals surface area contributed by atoms with Gasteiger partial charge in [-0.15, -0.1) is 0 Å². The molecule has 2 rings (SSSR count). The minimum Gasteiger partial charge on any atom is -0.369 e. The molecule has 1 aliphatic heterocycles. The molecule has 2 unspecified atom stereocenters. The third kappa shape index (κ3) is 2.86. The maximum Gasteiger partial charge on any atom is 0.0368 e. The highest BCUT2D eigenvalue weighted by Crippen LogP contribution is 2.28. The number of hydrogen-bond donors (Lipinski definition) is 1. The fraction of sp³-hybridized carbons (Fsp3) is 0.625. The molecular formula is C16H26N2. The normalized spacial score (nSPS) is 26.1. The van der Waals surface area contributed by atoms with Crippen molar-refractivity contribution in [3.63, 3.8) is 0 Å².